The van der Waals surface area contributed by atoms with Gasteiger partial charge < -0.3 is 9.84 Å². The maximum atomic E-state index is 9.12. The Hall–Kier alpha value is -2.28. The second kappa shape index (κ2) is 6.32. The van der Waals surface area contributed by atoms with E-state index in [-0.39, 0.29) is 6.61 Å². The Labute approximate surface area is 147 Å². The zero-order valence-corrected chi connectivity index (χ0v) is 14.5. The summed E-state index contributed by atoms with van der Waals surface area (Å²) in [6, 6.07) is 15.7. The fourth-order valence-corrected chi connectivity index (χ4v) is 4.43. The normalized spacial score (nSPS) is 11.1. The zero-order chi connectivity index (χ0) is 16.5. The molecule has 0 bridgehead atoms. The van der Waals surface area contributed by atoms with Crippen LogP contribution >= 0.6 is 22.7 Å². The van der Waals surface area contributed by atoms with Crippen LogP contribution in [0.4, 0.5) is 0 Å². The van der Waals surface area contributed by atoms with Gasteiger partial charge in [-0.2, -0.15) is 0 Å². The molecule has 1 N–H and O–H groups in total. The van der Waals surface area contributed by atoms with Crippen LogP contribution in [0.1, 0.15) is 5.56 Å². The van der Waals surface area contributed by atoms with Crippen LogP contribution in [-0.4, -0.2) is 22.2 Å². The molecule has 2 aromatic carbocycles. The number of aliphatic hydroxyl groups excluding tert-OH is 1. The van der Waals surface area contributed by atoms with Crippen LogP contribution in [0.5, 0.6) is 5.75 Å². The topological polar surface area (TPSA) is 55.2 Å². The molecule has 0 amide bonds. The first-order valence-electron chi connectivity index (χ1n) is 7.39. The molecule has 0 spiro atoms. The highest BCUT2D eigenvalue weighted by molar-refractivity contribution is 7.29. The summed E-state index contributed by atoms with van der Waals surface area (Å²) in [4.78, 5) is 11.3. The molecule has 0 aliphatic heterocycles. The van der Waals surface area contributed by atoms with E-state index in [9.17, 15) is 0 Å². The van der Waals surface area contributed by atoms with Crippen molar-refractivity contribution in [2.45, 2.75) is 6.61 Å². The van der Waals surface area contributed by atoms with Crippen LogP contribution in [0.2, 0.25) is 0 Å². The average Bonchev–Trinajstić information content (AvgIpc) is 3.21. The lowest BCUT2D eigenvalue weighted by molar-refractivity contribution is 0.282. The summed E-state index contributed by atoms with van der Waals surface area (Å²) in [5.41, 5.74) is 3.02. The molecule has 0 saturated carbocycles. The third-order valence-corrected chi connectivity index (χ3v) is 5.82. The van der Waals surface area contributed by atoms with Gasteiger partial charge in [0.1, 0.15) is 15.8 Å². The molecule has 0 saturated heterocycles. The second-order valence-electron chi connectivity index (χ2n) is 5.23. The van der Waals surface area contributed by atoms with Gasteiger partial charge in [0.05, 0.1) is 13.7 Å². The predicted octanol–water partition coefficient (Wildman–Crippen LogP) is 4.59. The third kappa shape index (κ3) is 2.80. The molecule has 2 heterocycles. The lowest BCUT2D eigenvalue weighted by Crippen LogP contribution is -1.82. The third-order valence-electron chi connectivity index (χ3n) is 3.70. The number of hydrogen-bond donors (Lipinski definition) is 1. The smallest absolute Gasteiger partial charge is 0.155 e. The van der Waals surface area contributed by atoms with E-state index in [0.29, 0.717) is 0 Å². The molecule has 0 unspecified atom stereocenters. The Morgan fingerprint density at radius 3 is 1.79 bits per heavy atom. The monoisotopic (exact) mass is 354 g/mol. The van der Waals surface area contributed by atoms with Gasteiger partial charge in [-0.3, -0.25) is 0 Å². The van der Waals surface area contributed by atoms with Crippen molar-refractivity contribution in [2.75, 3.05) is 7.11 Å². The molecular formula is C18H14N2O2S2. The molecule has 4 aromatic rings. The maximum Gasteiger partial charge on any atom is 0.155 e. The summed E-state index contributed by atoms with van der Waals surface area (Å²) in [5.74, 6) is 0.837. The van der Waals surface area contributed by atoms with Crippen LogP contribution in [0, 0.1) is 0 Å². The van der Waals surface area contributed by atoms with E-state index < -0.39 is 0 Å². The van der Waals surface area contributed by atoms with Crippen LogP contribution in [-0.2, 0) is 6.61 Å². The first-order chi connectivity index (χ1) is 11.8. The van der Waals surface area contributed by atoms with Gasteiger partial charge in [0.15, 0.2) is 9.66 Å². The predicted molar refractivity (Wildman–Crippen MR) is 98.6 cm³/mol. The molecule has 120 valence electrons. The van der Waals surface area contributed by atoms with Crippen LogP contribution in [0.25, 0.3) is 30.8 Å². The number of methoxy groups -OCH3 is 1. The molecule has 4 rings (SSSR count). The minimum absolute atomic E-state index is 0.0556. The van der Waals surface area contributed by atoms with Crippen molar-refractivity contribution in [1.29, 1.82) is 0 Å². The second-order valence-corrected chi connectivity index (χ2v) is 7.19. The van der Waals surface area contributed by atoms with Gasteiger partial charge in [0, 0.05) is 11.1 Å². The number of nitrogens with zero attached hydrogens (tertiary/aromatic N) is 2. The number of hydrogen-bond acceptors (Lipinski definition) is 6. The Balaban J connectivity index is 1.66. The van der Waals surface area contributed by atoms with Crippen molar-refractivity contribution in [3.05, 3.63) is 54.1 Å². The van der Waals surface area contributed by atoms with Gasteiger partial charge in [-0.1, -0.05) is 46.9 Å². The van der Waals surface area contributed by atoms with Gasteiger partial charge in [-0.15, -0.1) is 0 Å². The summed E-state index contributed by atoms with van der Waals surface area (Å²) >= 11 is 3.18. The van der Waals surface area contributed by atoms with Gasteiger partial charge in [0.2, 0.25) is 0 Å². The van der Waals surface area contributed by atoms with E-state index in [1.807, 2.05) is 48.5 Å². The standard InChI is InChI=1S/C18H14N2O2S2/c1-22-14-8-6-13(7-9-14)16-20-18-17(24-16)19-15(23-18)12-4-2-11(10-21)3-5-12/h2-9,21H,10H2,1H3. The number of benzene rings is 2. The highest BCUT2D eigenvalue weighted by atomic mass is 32.1. The lowest BCUT2D eigenvalue weighted by atomic mass is 10.1. The van der Waals surface area contributed by atoms with E-state index in [2.05, 4.69) is 0 Å². The highest BCUT2D eigenvalue weighted by Gasteiger charge is 2.13. The first-order valence-corrected chi connectivity index (χ1v) is 9.02. The summed E-state index contributed by atoms with van der Waals surface area (Å²) in [6.07, 6.45) is 0. The van der Waals surface area contributed by atoms with E-state index in [0.717, 1.165) is 42.1 Å². The van der Waals surface area contributed by atoms with Crippen molar-refractivity contribution in [3.63, 3.8) is 0 Å². The van der Waals surface area contributed by atoms with Crippen molar-refractivity contribution < 1.29 is 9.84 Å². The molecule has 6 heteroatoms. The van der Waals surface area contributed by atoms with Crippen molar-refractivity contribution in [3.8, 4) is 26.9 Å². The van der Waals surface area contributed by atoms with Gasteiger partial charge in [0.25, 0.3) is 0 Å². The first kappa shape index (κ1) is 15.3. The van der Waals surface area contributed by atoms with Crippen LogP contribution in [0.15, 0.2) is 48.5 Å². The molecule has 24 heavy (non-hydrogen) atoms. The Morgan fingerprint density at radius 1 is 0.833 bits per heavy atom. The highest BCUT2D eigenvalue weighted by Crippen LogP contribution is 2.36. The molecular weight excluding hydrogens is 340 g/mol. The van der Waals surface area contributed by atoms with Crippen molar-refractivity contribution in [2.24, 2.45) is 0 Å². The Kier molecular flexibility index (Phi) is 4.02. The van der Waals surface area contributed by atoms with E-state index in [4.69, 9.17) is 19.8 Å². The molecule has 0 radical (unpaired) electrons. The van der Waals surface area contributed by atoms with Crippen LogP contribution < -0.4 is 4.74 Å². The van der Waals surface area contributed by atoms with Gasteiger partial charge in [-0.05, 0) is 29.8 Å². The molecule has 2 aromatic heterocycles. The van der Waals surface area contributed by atoms with E-state index >= 15 is 0 Å². The lowest BCUT2D eigenvalue weighted by Gasteiger charge is -2.00. The number of rotatable bonds is 4. The summed E-state index contributed by atoms with van der Waals surface area (Å²) in [5, 5.41) is 11.0. The molecule has 4 nitrogen and oxygen atoms in total. The van der Waals surface area contributed by atoms with E-state index in [1.54, 1.807) is 29.8 Å². The minimum Gasteiger partial charge on any atom is -0.497 e. The number of fused-ring (bicyclic) bond motifs is 1. The molecule has 0 aliphatic carbocycles. The quantitative estimate of drug-likeness (QED) is 0.582. The van der Waals surface area contributed by atoms with Crippen LogP contribution in [0.3, 0.4) is 0 Å². The van der Waals surface area contributed by atoms with Gasteiger partial charge in [-0.25, -0.2) is 9.97 Å². The Bertz CT molecular complexity index is 864. The molecule has 0 aliphatic rings. The largest absolute Gasteiger partial charge is 0.497 e. The number of thiazole rings is 2. The number of ether oxygens (including phenoxy) is 1. The Morgan fingerprint density at radius 2 is 1.33 bits per heavy atom. The van der Waals surface area contributed by atoms with E-state index in [1.165, 1.54) is 0 Å². The number of aliphatic hydroxyl groups is 1. The minimum atomic E-state index is 0.0556. The maximum absolute atomic E-state index is 9.12. The van der Waals surface area contributed by atoms with Crippen molar-refractivity contribution >= 4 is 32.3 Å². The zero-order valence-electron chi connectivity index (χ0n) is 12.9. The SMILES string of the molecule is COc1ccc(-c2nc3sc(-c4ccc(CO)cc4)nc3s2)cc1. The molecule has 0 fully saturated rings. The molecule has 0 atom stereocenters. The summed E-state index contributed by atoms with van der Waals surface area (Å²) in [7, 11) is 1.66. The average molecular weight is 354 g/mol. The number of aromatic nitrogens is 2. The van der Waals surface area contributed by atoms with Crippen molar-refractivity contribution in [1.82, 2.24) is 9.97 Å². The fraction of sp³-hybridized carbons (Fsp3) is 0.111. The van der Waals surface area contributed by atoms with Gasteiger partial charge >= 0.3 is 0 Å². The summed E-state index contributed by atoms with van der Waals surface area (Å²) < 4.78 is 5.19. The summed E-state index contributed by atoms with van der Waals surface area (Å²) in [6.45, 7) is 0.0556. The fourth-order valence-electron chi connectivity index (χ4n) is 2.38.